The molecule has 0 amide bonds. The lowest BCUT2D eigenvalue weighted by molar-refractivity contribution is 0.416. The number of nitrogens with two attached hydrogens (primary N) is 1. The van der Waals surface area contributed by atoms with Crippen molar-refractivity contribution in [1.82, 2.24) is 4.72 Å². The lowest BCUT2D eigenvalue weighted by atomic mass is 10.3. The smallest absolute Gasteiger partial charge is 0.240 e. The van der Waals surface area contributed by atoms with Crippen LogP contribution in [0.15, 0.2) is 39.0 Å². The van der Waals surface area contributed by atoms with E-state index in [1.54, 1.807) is 0 Å². The summed E-state index contributed by atoms with van der Waals surface area (Å²) in [5.41, 5.74) is 6.00. The third-order valence-corrected chi connectivity index (χ3v) is 5.67. The van der Waals surface area contributed by atoms with Gasteiger partial charge in [0.05, 0.1) is 17.7 Å². The van der Waals surface area contributed by atoms with Crippen molar-refractivity contribution in [2.24, 2.45) is 0 Å². The number of nitrogens with one attached hydrogen (secondary N) is 1. The van der Waals surface area contributed by atoms with Crippen LogP contribution in [0.4, 0.5) is 5.69 Å². The molecule has 0 aliphatic heterocycles. The molecule has 0 aliphatic rings. The fraction of sp³-hybridized carbons (Fsp3) is 0.167. The number of hydrogen-bond acceptors (Lipinski definition) is 5. The Morgan fingerprint density at radius 3 is 2.70 bits per heavy atom. The molecule has 0 unspecified atom stereocenters. The highest BCUT2D eigenvalue weighted by Gasteiger charge is 2.15. The van der Waals surface area contributed by atoms with Gasteiger partial charge < -0.3 is 10.5 Å². The molecule has 1 aromatic heterocycles. The van der Waals surface area contributed by atoms with E-state index in [9.17, 15) is 8.42 Å². The van der Waals surface area contributed by atoms with Gasteiger partial charge >= 0.3 is 0 Å². The average molecular weight is 377 g/mol. The van der Waals surface area contributed by atoms with Crippen LogP contribution in [0.5, 0.6) is 5.75 Å². The second kappa shape index (κ2) is 6.13. The first-order valence-corrected chi connectivity index (χ1v) is 8.74. The zero-order chi connectivity index (χ0) is 14.8. The number of sulfonamides is 1. The number of anilines is 1. The Kier molecular flexibility index (Phi) is 4.69. The molecule has 8 heteroatoms. The van der Waals surface area contributed by atoms with Gasteiger partial charge in [0.2, 0.25) is 10.0 Å². The number of hydrogen-bond donors (Lipinski definition) is 2. The summed E-state index contributed by atoms with van der Waals surface area (Å²) in [6.07, 6.45) is 0. The van der Waals surface area contributed by atoms with Crippen LogP contribution in [0.1, 0.15) is 4.88 Å². The Balaban J connectivity index is 2.15. The molecule has 0 radical (unpaired) electrons. The minimum atomic E-state index is -3.59. The summed E-state index contributed by atoms with van der Waals surface area (Å²) in [7, 11) is -2.11. The third kappa shape index (κ3) is 3.51. The van der Waals surface area contributed by atoms with Gasteiger partial charge in [0, 0.05) is 21.3 Å². The summed E-state index contributed by atoms with van der Waals surface area (Å²) >= 11 is 4.80. The summed E-state index contributed by atoms with van der Waals surface area (Å²) in [4.78, 5) is 1.04. The van der Waals surface area contributed by atoms with Crippen molar-refractivity contribution in [3.05, 3.63) is 39.0 Å². The standard InChI is InChI=1S/C12H13BrN2O3S2/c1-18-12-3-2-10(5-11(12)14)20(16,17)15-6-9-4-8(13)7-19-9/h2-5,7,15H,6,14H2,1H3. The van der Waals surface area contributed by atoms with Crippen LogP contribution in [0.2, 0.25) is 0 Å². The molecule has 5 nitrogen and oxygen atoms in total. The summed E-state index contributed by atoms with van der Waals surface area (Å²) in [5, 5.41) is 1.90. The Bertz CT molecular complexity index is 713. The van der Waals surface area contributed by atoms with E-state index < -0.39 is 10.0 Å². The maximum atomic E-state index is 12.1. The van der Waals surface area contributed by atoms with Crippen molar-refractivity contribution in [3.8, 4) is 5.75 Å². The SMILES string of the molecule is COc1ccc(S(=O)(=O)NCc2cc(Br)cs2)cc1N. The molecular formula is C12H13BrN2O3S2. The quantitative estimate of drug-likeness (QED) is 0.785. The minimum Gasteiger partial charge on any atom is -0.495 e. The van der Waals surface area contributed by atoms with E-state index in [1.165, 1.54) is 36.6 Å². The second-order valence-corrected chi connectivity index (χ2v) is 7.64. The second-order valence-electron chi connectivity index (χ2n) is 3.96. The molecule has 20 heavy (non-hydrogen) atoms. The van der Waals surface area contributed by atoms with Gasteiger partial charge in [-0.25, -0.2) is 13.1 Å². The number of halogens is 1. The number of benzene rings is 1. The predicted molar refractivity (Wildman–Crippen MR) is 83.5 cm³/mol. The molecule has 1 heterocycles. The Morgan fingerprint density at radius 1 is 1.40 bits per heavy atom. The monoisotopic (exact) mass is 376 g/mol. The fourth-order valence-corrected chi connectivity index (χ4v) is 4.10. The van der Waals surface area contributed by atoms with Crippen molar-refractivity contribution in [2.75, 3.05) is 12.8 Å². The van der Waals surface area contributed by atoms with E-state index in [-0.39, 0.29) is 17.1 Å². The highest BCUT2D eigenvalue weighted by molar-refractivity contribution is 9.10. The molecule has 1 aromatic carbocycles. The van der Waals surface area contributed by atoms with Crippen molar-refractivity contribution in [1.29, 1.82) is 0 Å². The average Bonchev–Trinajstić information content (AvgIpc) is 2.82. The molecule has 3 N–H and O–H groups in total. The van der Waals surface area contributed by atoms with Crippen LogP contribution in [-0.2, 0) is 16.6 Å². The minimum absolute atomic E-state index is 0.117. The highest BCUT2D eigenvalue weighted by Crippen LogP contribution is 2.25. The molecule has 2 aromatic rings. The van der Waals surface area contributed by atoms with Gasteiger partial charge in [-0.2, -0.15) is 0 Å². The highest BCUT2D eigenvalue weighted by atomic mass is 79.9. The van der Waals surface area contributed by atoms with E-state index in [4.69, 9.17) is 10.5 Å². The molecule has 0 saturated carbocycles. The van der Waals surface area contributed by atoms with Gasteiger partial charge in [-0.3, -0.25) is 0 Å². The van der Waals surface area contributed by atoms with Crippen LogP contribution in [0.25, 0.3) is 0 Å². The molecule has 0 aliphatic carbocycles. The van der Waals surface area contributed by atoms with Crippen molar-refractivity contribution in [2.45, 2.75) is 11.4 Å². The Hall–Kier alpha value is -1.09. The molecule has 0 atom stereocenters. The van der Waals surface area contributed by atoms with Gasteiger partial charge in [0.1, 0.15) is 5.75 Å². The van der Waals surface area contributed by atoms with Gasteiger partial charge in [0.15, 0.2) is 0 Å². The zero-order valence-electron chi connectivity index (χ0n) is 10.6. The molecule has 0 spiro atoms. The summed E-state index contributed by atoms with van der Waals surface area (Å²) in [5.74, 6) is 0.450. The van der Waals surface area contributed by atoms with Crippen LogP contribution in [-0.4, -0.2) is 15.5 Å². The third-order valence-electron chi connectivity index (χ3n) is 2.57. The molecule has 0 fully saturated rings. The topological polar surface area (TPSA) is 81.4 Å². The van der Waals surface area contributed by atoms with Crippen molar-refractivity contribution >= 4 is 43.0 Å². The first-order valence-electron chi connectivity index (χ1n) is 5.58. The Labute approximate surface area is 129 Å². The maximum Gasteiger partial charge on any atom is 0.240 e. The van der Waals surface area contributed by atoms with E-state index in [2.05, 4.69) is 20.7 Å². The molecule has 2 rings (SSSR count). The first kappa shape index (κ1) is 15.3. The van der Waals surface area contributed by atoms with Crippen molar-refractivity contribution in [3.63, 3.8) is 0 Å². The summed E-state index contributed by atoms with van der Waals surface area (Å²) in [6, 6.07) is 6.24. The largest absolute Gasteiger partial charge is 0.495 e. The maximum absolute atomic E-state index is 12.1. The normalized spacial score (nSPS) is 11.5. The van der Waals surface area contributed by atoms with E-state index >= 15 is 0 Å². The van der Waals surface area contributed by atoms with Crippen LogP contribution >= 0.6 is 27.3 Å². The van der Waals surface area contributed by atoms with Gasteiger partial charge in [-0.15, -0.1) is 11.3 Å². The van der Waals surface area contributed by atoms with Crippen LogP contribution in [0, 0.1) is 0 Å². The fourth-order valence-electron chi connectivity index (χ4n) is 1.58. The number of ether oxygens (including phenoxy) is 1. The summed E-state index contributed by atoms with van der Waals surface area (Å²) < 4.78 is 32.8. The van der Waals surface area contributed by atoms with Crippen LogP contribution < -0.4 is 15.2 Å². The number of methoxy groups -OCH3 is 1. The lowest BCUT2D eigenvalue weighted by Crippen LogP contribution is -2.22. The van der Waals surface area contributed by atoms with E-state index in [0.29, 0.717) is 5.75 Å². The molecular weight excluding hydrogens is 364 g/mol. The van der Waals surface area contributed by atoms with Gasteiger partial charge in [-0.1, -0.05) is 0 Å². The molecule has 0 bridgehead atoms. The zero-order valence-corrected chi connectivity index (χ0v) is 13.8. The van der Waals surface area contributed by atoms with Gasteiger partial charge in [-0.05, 0) is 40.2 Å². The predicted octanol–water partition coefficient (Wildman–Crippen LogP) is 2.58. The molecule has 108 valence electrons. The summed E-state index contributed by atoms with van der Waals surface area (Å²) in [6.45, 7) is 0.241. The van der Waals surface area contributed by atoms with Crippen molar-refractivity contribution < 1.29 is 13.2 Å². The van der Waals surface area contributed by atoms with Crippen LogP contribution in [0.3, 0.4) is 0 Å². The van der Waals surface area contributed by atoms with E-state index in [0.717, 1.165) is 9.35 Å². The first-order chi connectivity index (χ1) is 9.42. The van der Waals surface area contributed by atoms with E-state index in [1.807, 2.05) is 11.4 Å². The number of thiophene rings is 1. The van der Waals surface area contributed by atoms with Gasteiger partial charge in [0.25, 0.3) is 0 Å². The number of rotatable bonds is 5. The number of nitrogen functional groups attached to an aromatic ring is 1. The molecule has 0 saturated heterocycles. The lowest BCUT2D eigenvalue weighted by Gasteiger charge is -2.09. The Morgan fingerprint density at radius 2 is 2.15 bits per heavy atom.